The van der Waals surface area contributed by atoms with Crippen LogP contribution < -0.4 is 0 Å². The zero-order valence-corrected chi connectivity index (χ0v) is 21.9. The SMILES string of the molecule is CCC(=O)N(C#C[Si](C(C)C)(C(C)C)C(C)C)C1CCN(CCc2ccccc2)CC1. The van der Waals surface area contributed by atoms with Crippen molar-refractivity contribution >= 4 is 14.0 Å². The highest BCUT2D eigenvalue weighted by Crippen LogP contribution is 2.40. The van der Waals surface area contributed by atoms with Gasteiger partial charge in [-0.3, -0.25) is 9.69 Å². The van der Waals surface area contributed by atoms with Gasteiger partial charge in [0.1, 0.15) is 8.07 Å². The summed E-state index contributed by atoms with van der Waals surface area (Å²) >= 11 is 0. The number of piperidine rings is 1. The van der Waals surface area contributed by atoms with E-state index in [1.54, 1.807) is 0 Å². The highest BCUT2D eigenvalue weighted by Gasteiger charge is 2.42. The number of benzene rings is 1. The Hall–Kier alpha value is -1.57. The van der Waals surface area contributed by atoms with E-state index in [-0.39, 0.29) is 11.9 Å². The fourth-order valence-electron chi connectivity index (χ4n) is 5.45. The predicted molar refractivity (Wildman–Crippen MR) is 136 cm³/mol. The molecule has 1 heterocycles. The highest BCUT2D eigenvalue weighted by atomic mass is 28.3. The topological polar surface area (TPSA) is 23.6 Å². The third-order valence-corrected chi connectivity index (χ3v) is 13.6. The number of hydrogen-bond acceptors (Lipinski definition) is 2. The Morgan fingerprint density at radius 3 is 2.06 bits per heavy atom. The van der Waals surface area contributed by atoms with E-state index in [1.165, 1.54) is 5.56 Å². The molecule has 1 aromatic carbocycles. The lowest BCUT2D eigenvalue weighted by atomic mass is 10.0. The third-order valence-electron chi connectivity index (χ3n) is 7.31. The molecule has 1 aliphatic rings. The first-order chi connectivity index (χ1) is 14.7. The molecule has 1 aliphatic heterocycles. The van der Waals surface area contributed by atoms with Gasteiger partial charge in [0.05, 0.1) is 0 Å². The molecule has 0 aromatic heterocycles. The number of carbonyl (C=O) groups is 1. The van der Waals surface area contributed by atoms with E-state index in [0.717, 1.165) is 38.9 Å². The van der Waals surface area contributed by atoms with E-state index < -0.39 is 8.07 Å². The summed E-state index contributed by atoms with van der Waals surface area (Å²) in [6.45, 7) is 19.1. The molecule has 0 atom stereocenters. The summed E-state index contributed by atoms with van der Waals surface area (Å²) in [6, 6.07) is 14.4. The number of amides is 1. The number of hydrogen-bond donors (Lipinski definition) is 0. The quantitative estimate of drug-likeness (QED) is 0.276. The van der Waals surface area contributed by atoms with E-state index in [2.05, 4.69) is 88.4 Å². The Balaban J connectivity index is 2.09. The van der Waals surface area contributed by atoms with Crippen molar-refractivity contribution < 1.29 is 4.79 Å². The highest BCUT2D eigenvalue weighted by molar-refractivity contribution is 6.90. The van der Waals surface area contributed by atoms with Crippen LogP contribution in [0.3, 0.4) is 0 Å². The maximum absolute atomic E-state index is 12.9. The van der Waals surface area contributed by atoms with Gasteiger partial charge in [0.2, 0.25) is 5.91 Å². The summed E-state index contributed by atoms with van der Waals surface area (Å²) in [5.41, 5.74) is 6.93. The molecule has 1 aromatic rings. The second-order valence-electron chi connectivity index (χ2n) is 10.1. The van der Waals surface area contributed by atoms with Crippen LogP contribution in [0.5, 0.6) is 0 Å². The zero-order valence-electron chi connectivity index (χ0n) is 20.9. The fourth-order valence-corrected chi connectivity index (χ4v) is 10.6. The van der Waals surface area contributed by atoms with Crippen molar-refractivity contribution in [3.05, 3.63) is 35.9 Å². The Labute approximate surface area is 192 Å². The van der Waals surface area contributed by atoms with Crippen molar-refractivity contribution in [2.75, 3.05) is 19.6 Å². The van der Waals surface area contributed by atoms with Gasteiger partial charge in [-0.15, -0.1) is 5.54 Å². The first kappa shape index (κ1) is 25.7. The largest absolute Gasteiger partial charge is 0.303 e. The van der Waals surface area contributed by atoms with Gasteiger partial charge in [0.15, 0.2) is 0 Å². The molecule has 0 saturated carbocycles. The minimum Gasteiger partial charge on any atom is -0.303 e. The van der Waals surface area contributed by atoms with Crippen molar-refractivity contribution in [2.24, 2.45) is 0 Å². The first-order valence-electron chi connectivity index (χ1n) is 12.3. The molecule has 0 N–H and O–H groups in total. The summed E-state index contributed by atoms with van der Waals surface area (Å²) < 4.78 is 0. The summed E-state index contributed by atoms with van der Waals surface area (Å²) in [7, 11) is -1.84. The molecular formula is C27H44N2OSi. The van der Waals surface area contributed by atoms with Crippen molar-refractivity contribution in [3.63, 3.8) is 0 Å². The van der Waals surface area contributed by atoms with Crippen LogP contribution in [0.15, 0.2) is 30.3 Å². The van der Waals surface area contributed by atoms with E-state index in [1.807, 2.05) is 11.8 Å². The van der Waals surface area contributed by atoms with Crippen LogP contribution in [0.1, 0.15) is 73.3 Å². The number of nitrogens with zero attached hydrogens (tertiary/aromatic N) is 2. The van der Waals surface area contributed by atoms with Crippen LogP contribution in [0.2, 0.25) is 16.6 Å². The van der Waals surface area contributed by atoms with Crippen LogP contribution in [0.25, 0.3) is 0 Å². The molecule has 0 aliphatic carbocycles. The monoisotopic (exact) mass is 440 g/mol. The first-order valence-corrected chi connectivity index (χ1v) is 14.6. The molecular weight excluding hydrogens is 396 g/mol. The molecule has 31 heavy (non-hydrogen) atoms. The second kappa shape index (κ2) is 11.9. The van der Waals surface area contributed by atoms with Gasteiger partial charge >= 0.3 is 0 Å². The molecule has 1 saturated heterocycles. The number of likely N-dealkylation sites (tertiary alicyclic amines) is 1. The van der Waals surface area contributed by atoms with Crippen LogP contribution in [-0.4, -0.2) is 49.5 Å². The van der Waals surface area contributed by atoms with Crippen LogP contribution in [0, 0.1) is 11.6 Å². The lowest BCUT2D eigenvalue weighted by Gasteiger charge is -2.39. The Kier molecular flexibility index (Phi) is 9.84. The van der Waals surface area contributed by atoms with Gasteiger partial charge in [0.25, 0.3) is 0 Å². The average Bonchev–Trinajstić information content (AvgIpc) is 2.75. The van der Waals surface area contributed by atoms with Gasteiger partial charge in [-0.2, -0.15) is 0 Å². The third kappa shape index (κ3) is 6.46. The summed E-state index contributed by atoms with van der Waals surface area (Å²) in [5.74, 6) is 0.189. The molecule has 0 bridgehead atoms. The number of carbonyl (C=O) groups excluding carboxylic acids is 1. The standard InChI is InChI=1S/C27H44N2OSi/c1-8-27(30)29(20-21-31(22(2)3,23(4)5)24(6)7)26-15-18-28(19-16-26)17-14-25-12-10-9-11-13-25/h9-13,22-24,26H,8,14-19H2,1-7H3. The average molecular weight is 441 g/mol. The summed E-state index contributed by atoms with van der Waals surface area (Å²) in [5, 5.41) is 0. The van der Waals surface area contributed by atoms with E-state index in [0.29, 0.717) is 23.0 Å². The Morgan fingerprint density at radius 2 is 1.58 bits per heavy atom. The normalized spacial score (nSPS) is 15.9. The minimum absolute atomic E-state index is 0.189. The molecule has 2 rings (SSSR count). The lowest BCUT2D eigenvalue weighted by molar-refractivity contribution is -0.130. The van der Waals surface area contributed by atoms with Crippen molar-refractivity contribution in [2.45, 2.75) is 96.8 Å². The van der Waals surface area contributed by atoms with Gasteiger partial charge in [-0.05, 0) is 41.4 Å². The molecule has 0 radical (unpaired) electrons. The van der Waals surface area contributed by atoms with Gasteiger partial charge in [0, 0.05) is 38.1 Å². The number of rotatable bonds is 8. The minimum atomic E-state index is -1.84. The van der Waals surface area contributed by atoms with E-state index >= 15 is 0 Å². The Bertz CT molecular complexity index is 718. The summed E-state index contributed by atoms with van der Waals surface area (Å²) in [4.78, 5) is 17.3. The molecule has 0 unspecified atom stereocenters. The maximum atomic E-state index is 12.9. The van der Waals surface area contributed by atoms with Crippen molar-refractivity contribution in [1.82, 2.24) is 9.80 Å². The fraction of sp³-hybridized carbons (Fsp3) is 0.667. The molecule has 4 heteroatoms. The molecule has 172 valence electrons. The van der Waals surface area contributed by atoms with Gasteiger partial charge in [-0.25, -0.2) is 0 Å². The van der Waals surface area contributed by atoms with Gasteiger partial charge in [-0.1, -0.05) is 78.8 Å². The van der Waals surface area contributed by atoms with Crippen molar-refractivity contribution in [1.29, 1.82) is 0 Å². The molecule has 3 nitrogen and oxygen atoms in total. The van der Waals surface area contributed by atoms with Gasteiger partial charge < -0.3 is 4.90 Å². The smallest absolute Gasteiger partial charge is 0.234 e. The molecule has 1 fully saturated rings. The summed E-state index contributed by atoms with van der Waals surface area (Å²) in [6.07, 6.45) is 3.67. The van der Waals surface area contributed by atoms with Crippen LogP contribution >= 0.6 is 0 Å². The second-order valence-corrected chi connectivity index (χ2v) is 15.6. The van der Waals surface area contributed by atoms with E-state index in [4.69, 9.17) is 0 Å². The van der Waals surface area contributed by atoms with Crippen LogP contribution in [0.4, 0.5) is 0 Å². The Morgan fingerprint density at radius 1 is 1.03 bits per heavy atom. The zero-order chi connectivity index (χ0) is 23.0. The van der Waals surface area contributed by atoms with Crippen LogP contribution in [-0.2, 0) is 11.2 Å². The molecule has 0 spiro atoms. The molecule has 1 amide bonds. The lowest BCUT2D eigenvalue weighted by Crippen LogP contribution is -2.47. The van der Waals surface area contributed by atoms with E-state index in [9.17, 15) is 4.79 Å². The predicted octanol–water partition coefficient (Wildman–Crippen LogP) is 6.11. The maximum Gasteiger partial charge on any atom is 0.234 e. The van der Waals surface area contributed by atoms with Crippen molar-refractivity contribution in [3.8, 4) is 11.6 Å².